The third-order valence-corrected chi connectivity index (χ3v) is 5.74. The van der Waals surface area contributed by atoms with Crippen molar-refractivity contribution in [3.63, 3.8) is 0 Å². The van der Waals surface area contributed by atoms with Gasteiger partial charge in [-0.05, 0) is 25.0 Å². The lowest BCUT2D eigenvalue weighted by molar-refractivity contribution is -0.133. The third kappa shape index (κ3) is 4.79. The maximum Gasteiger partial charge on any atom is 0.224 e. The standard InChI is InChI=1S/C16H22N2O4S/c1-13(19)18-10-5-6-14(12-18)16(20)17-9-11-23(21,22)15-7-3-2-4-8-15/h2-4,7-8,14H,5-6,9-12H2,1H3,(H,17,20). The lowest BCUT2D eigenvalue weighted by Crippen LogP contribution is -2.45. The van der Waals surface area contributed by atoms with Crippen molar-refractivity contribution in [2.75, 3.05) is 25.4 Å². The van der Waals surface area contributed by atoms with Gasteiger partial charge in [0.15, 0.2) is 9.84 Å². The minimum absolute atomic E-state index is 0.0332. The first-order chi connectivity index (χ1) is 10.9. The summed E-state index contributed by atoms with van der Waals surface area (Å²) in [5, 5.41) is 2.68. The van der Waals surface area contributed by atoms with Gasteiger partial charge in [-0.1, -0.05) is 18.2 Å². The van der Waals surface area contributed by atoms with Crippen LogP contribution in [0.25, 0.3) is 0 Å². The minimum Gasteiger partial charge on any atom is -0.355 e. The molecule has 2 amide bonds. The van der Waals surface area contributed by atoms with Crippen LogP contribution in [0.1, 0.15) is 19.8 Å². The van der Waals surface area contributed by atoms with Crippen molar-refractivity contribution in [2.24, 2.45) is 5.92 Å². The van der Waals surface area contributed by atoms with Gasteiger partial charge in [-0.15, -0.1) is 0 Å². The van der Waals surface area contributed by atoms with E-state index >= 15 is 0 Å². The fraction of sp³-hybridized carbons (Fsp3) is 0.500. The molecule has 126 valence electrons. The number of carbonyl (C=O) groups excluding carboxylic acids is 2. The number of piperidine rings is 1. The predicted octanol–water partition coefficient (Wildman–Crippen LogP) is 0.835. The second-order valence-electron chi connectivity index (χ2n) is 5.73. The molecule has 1 fully saturated rings. The van der Waals surface area contributed by atoms with Gasteiger partial charge in [0, 0.05) is 26.6 Å². The molecule has 0 spiro atoms. The van der Waals surface area contributed by atoms with Crippen LogP contribution in [-0.4, -0.2) is 50.5 Å². The van der Waals surface area contributed by atoms with Crippen molar-refractivity contribution in [3.05, 3.63) is 30.3 Å². The van der Waals surface area contributed by atoms with Crippen molar-refractivity contribution in [3.8, 4) is 0 Å². The highest BCUT2D eigenvalue weighted by atomic mass is 32.2. The number of hydrogen-bond acceptors (Lipinski definition) is 4. The fourth-order valence-corrected chi connectivity index (χ4v) is 3.85. The third-order valence-electron chi connectivity index (χ3n) is 4.01. The highest BCUT2D eigenvalue weighted by Crippen LogP contribution is 2.16. The minimum atomic E-state index is -3.39. The number of likely N-dealkylation sites (tertiary alicyclic amines) is 1. The van der Waals surface area contributed by atoms with Crippen LogP contribution in [-0.2, 0) is 19.4 Å². The van der Waals surface area contributed by atoms with Gasteiger partial charge in [-0.2, -0.15) is 0 Å². The zero-order chi connectivity index (χ0) is 16.9. The van der Waals surface area contributed by atoms with Crippen LogP contribution < -0.4 is 5.32 Å². The second-order valence-corrected chi connectivity index (χ2v) is 7.84. The highest BCUT2D eigenvalue weighted by molar-refractivity contribution is 7.91. The monoisotopic (exact) mass is 338 g/mol. The Kier molecular flexibility index (Phi) is 5.76. The van der Waals surface area contributed by atoms with Crippen LogP contribution in [0.15, 0.2) is 35.2 Å². The van der Waals surface area contributed by atoms with E-state index in [1.54, 1.807) is 35.2 Å². The summed E-state index contributed by atoms with van der Waals surface area (Å²) in [5.41, 5.74) is 0. The summed E-state index contributed by atoms with van der Waals surface area (Å²) in [4.78, 5) is 25.4. The topological polar surface area (TPSA) is 83.6 Å². The Hall–Kier alpha value is -1.89. The number of carbonyl (C=O) groups is 2. The van der Waals surface area contributed by atoms with Crippen molar-refractivity contribution in [2.45, 2.75) is 24.7 Å². The molecule has 0 aliphatic carbocycles. The van der Waals surface area contributed by atoms with E-state index in [-0.39, 0.29) is 34.9 Å². The Morgan fingerprint density at radius 2 is 1.96 bits per heavy atom. The maximum absolute atomic E-state index is 12.1. The molecule has 1 aliphatic rings. The molecule has 0 aromatic heterocycles. The number of benzene rings is 1. The van der Waals surface area contributed by atoms with Crippen LogP contribution in [0.2, 0.25) is 0 Å². The lowest BCUT2D eigenvalue weighted by Gasteiger charge is -2.31. The first-order valence-electron chi connectivity index (χ1n) is 7.71. The molecule has 1 aromatic carbocycles. The quantitative estimate of drug-likeness (QED) is 0.862. The zero-order valence-electron chi connectivity index (χ0n) is 13.2. The summed E-state index contributed by atoms with van der Waals surface area (Å²) in [6.07, 6.45) is 1.51. The van der Waals surface area contributed by atoms with Crippen LogP contribution >= 0.6 is 0 Å². The Morgan fingerprint density at radius 1 is 1.26 bits per heavy atom. The Labute approximate surface area is 136 Å². The zero-order valence-corrected chi connectivity index (χ0v) is 14.0. The predicted molar refractivity (Wildman–Crippen MR) is 86.5 cm³/mol. The Balaban J connectivity index is 1.84. The first kappa shape index (κ1) is 17.5. The molecule has 6 nitrogen and oxygen atoms in total. The number of amides is 2. The summed E-state index contributed by atoms with van der Waals surface area (Å²) in [7, 11) is -3.39. The smallest absolute Gasteiger partial charge is 0.224 e. The van der Waals surface area contributed by atoms with E-state index in [0.717, 1.165) is 12.8 Å². The highest BCUT2D eigenvalue weighted by Gasteiger charge is 2.27. The normalized spacial score (nSPS) is 18.5. The van der Waals surface area contributed by atoms with Crippen molar-refractivity contribution >= 4 is 21.7 Å². The Bertz CT molecular complexity index is 658. The summed E-state index contributed by atoms with van der Waals surface area (Å²) >= 11 is 0. The number of nitrogens with one attached hydrogen (secondary N) is 1. The molecule has 1 atom stereocenters. The van der Waals surface area contributed by atoms with Gasteiger partial charge >= 0.3 is 0 Å². The van der Waals surface area contributed by atoms with E-state index in [1.165, 1.54) is 6.92 Å². The van der Waals surface area contributed by atoms with Gasteiger partial charge in [0.1, 0.15) is 0 Å². The number of hydrogen-bond donors (Lipinski definition) is 1. The second kappa shape index (κ2) is 7.59. The van der Waals surface area contributed by atoms with Gasteiger partial charge in [0.2, 0.25) is 11.8 Å². The first-order valence-corrected chi connectivity index (χ1v) is 9.36. The SMILES string of the molecule is CC(=O)N1CCCC(C(=O)NCCS(=O)(=O)c2ccccc2)C1. The van der Waals surface area contributed by atoms with Gasteiger partial charge in [0.05, 0.1) is 16.6 Å². The van der Waals surface area contributed by atoms with Crippen LogP contribution in [0.4, 0.5) is 0 Å². The van der Waals surface area contributed by atoms with E-state index in [0.29, 0.717) is 13.1 Å². The van der Waals surface area contributed by atoms with Crippen molar-refractivity contribution < 1.29 is 18.0 Å². The Morgan fingerprint density at radius 3 is 2.61 bits per heavy atom. The molecule has 1 heterocycles. The van der Waals surface area contributed by atoms with Crippen molar-refractivity contribution in [1.82, 2.24) is 10.2 Å². The average Bonchev–Trinajstić information content (AvgIpc) is 2.55. The summed E-state index contributed by atoms with van der Waals surface area (Å²) in [5.74, 6) is -0.605. The lowest BCUT2D eigenvalue weighted by atomic mass is 9.97. The average molecular weight is 338 g/mol. The molecule has 1 N–H and O–H groups in total. The van der Waals surface area contributed by atoms with Gasteiger partial charge in [0.25, 0.3) is 0 Å². The van der Waals surface area contributed by atoms with E-state index in [4.69, 9.17) is 0 Å². The molecule has 23 heavy (non-hydrogen) atoms. The van der Waals surface area contributed by atoms with Gasteiger partial charge in [-0.25, -0.2) is 8.42 Å². The molecule has 1 unspecified atom stereocenters. The molecule has 1 saturated heterocycles. The number of rotatable bonds is 5. The molecule has 0 radical (unpaired) electrons. The maximum atomic E-state index is 12.1. The molecule has 7 heteroatoms. The molecule has 1 aliphatic heterocycles. The van der Waals surface area contributed by atoms with Crippen LogP contribution in [0, 0.1) is 5.92 Å². The molecular formula is C16H22N2O4S. The molecule has 2 rings (SSSR count). The fourth-order valence-electron chi connectivity index (χ4n) is 2.68. The molecule has 0 bridgehead atoms. The molecule has 1 aromatic rings. The number of sulfone groups is 1. The van der Waals surface area contributed by atoms with E-state index in [2.05, 4.69) is 5.32 Å². The van der Waals surface area contributed by atoms with Crippen molar-refractivity contribution in [1.29, 1.82) is 0 Å². The van der Waals surface area contributed by atoms with Gasteiger partial charge < -0.3 is 10.2 Å². The largest absolute Gasteiger partial charge is 0.355 e. The van der Waals surface area contributed by atoms with Gasteiger partial charge in [-0.3, -0.25) is 9.59 Å². The molecule has 0 saturated carbocycles. The van der Waals surface area contributed by atoms with E-state index < -0.39 is 9.84 Å². The summed E-state index contributed by atoms with van der Waals surface area (Å²) in [6.45, 7) is 2.66. The molecular weight excluding hydrogens is 316 g/mol. The van der Waals surface area contributed by atoms with Crippen LogP contribution in [0.5, 0.6) is 0 Å². The number of nitrogens with zero attached hydrogens (tertiary/aromatic N) is 1. The van der Waals surface area contributed by atoms with E-state index in [1.807, 2.05) is 0 Å². The summed E-state index contributed by atoms with van der Waals surface area (Å²) < 4.78 is 24.3. The van der Waals surface area contributed by atoms with E-state index in [9.17, 15) is 18.0 Å². The summed E-state index contributed by atoms with van der Waals surface area (Å²) in [6, 6.07) is 8.18. The van der Waals surface area contributed by atoms with Crippen LogP contribution in [0.3, 0.4) is 0 Å².